The van der Waals surface area contributed by atoms with Crippen LogP contribution in [0.3, 0.4) is 0 Å². The van der Waals surface area contributed by atoms with Crippen molar-refractivity contribution in [1.29, 1.82) is 0 Å². The summed E-state index contributed by atoms with van der Waals surface area (Å²) in [4.78, 5) is 24.9. The molecule has 2 N–H and O–H groups in total. The molecule has 0 saturated carbocycles. The summed E-state index contributed by atoms with van der Waals surface area (Å²) in [5.41, 5.74) is 0.714. The van der Waals surface area contributed by atoms with Crippen LogP contribution in [0.25, 0.3) is 0 Å². The summed E-state index contributed by atoms with van der Waals surface area (Å²) in [7, 11) is -3.59. The number of benzene rings is 2. The number of rotatable bonds is 7. The van der Waals surface area contributed by atoms with Crippen molar-refractivity contribution in [3.63, 3.8) is 0 Å². The Balaban J connectivity index is 2.07. The van der Waals surface area contributed by atoms with E-state index in [-0.39, 0.29) is 11.3 Å². The first-order valence-corrected chi connectivity index (χ1v) is 11.2. The number of nitrogens with one attached hydrogen (secondary N) is 2. The molecule has 0 aliphatic rings. The molecule has 2 rings (SSSR count). The number of esters is 1. The number of sulfonamides is 1. The average Bonchev–Trinajstić information content (AvgIpc) is 2.60. The van der Waals surface area contributed by atoms with Crippen molar-refractivity contribution in [2.24, 2.45) is 0 Å². The molecule has 2 atom stereocenters. The van der Waals surface area contributed by atoms with E-state index in [1.165, 1.54) is 19.1 Å². The van der Waals surface area contributed by atoms with Crippen LogP contribution in [0.15, 0.2) is 42.5 Å². The highest BCUT2D eigenvalue weighted by Gasteiger charge is 2.23. The van der Waals surface area contributed by atoms with Gasteiger partial charge in [0.25, 0.3) is 5.91 Å². The second kappa shape index (κ2) is 9.47. The highest BCUT2D eigenvalue weighted by molar-refractivity contribution is 7.92. The summed E-state index contributed by atoms with van der Waals surface area (Å²) < 4.78 is 30.4. The lowest BCUT2D eigenvalue weighted by molar-refractivity contribution is -0.129. The van der Waals surface area contributed by atoms with Gasteiger partial charge in [0.05, 0.1) is 23.5 Å². The molecule has 2 unspecified atom stereocenters. The Morgan fingerprint density at radius 3 is 2.34 bits per heavy atom. The predicted octanol–water partition coefficient (Wildman–Crippen LogP) is 3.79. The third-order valence-corrected chi connectivity index (χ3v) is 5.04. The van der Waals surface area contributed by atoms with Gasteiger partial charge in [-0.2, -0.15) is 0 Å². The number of hydrogen-bond acceptors (Lipinski definition) is 5. The fraction of sp³-hybridized carbons (Fsp3) is 0.263. The molecule has 0 heterocycles. The highest BCUT2D eigenvalue weighted by Crippen LogP contribution is 2.26. The Hall–Kier alpha value is -2.29. The number of hydrogen-bond donors (Lipinski definition) is 2. The van der Waals surface area contributed by atoms with Gasteiger partial charge in [0, 0.05) is 10.0 Å². The number of carbonyl (C=O) groups is 2. The van der Waals surface area contributed by atoms with Crippen LogP contribution >= 0.6 is 23.2 Å². The van der Waals surface area contributed by atoms with Crippen LogP contribution < -0.4 is 10.0 Å². The third kappa shape index (κ3) is 6.62. The van der Waals surface area contributed by atoms with Crippen LogP contribution in [0.4, 0.5) is 5.69 Å². The number of para-hydroxylation sites is 1. The fourth-order valence-electron chi connectivity index (χ4n) is 2.49. The zero-order valence-corrected chi connectivity index (χ0v) is 18.2. The molecule has 0 bridgehead atoms. The second-order valence-electron chi connectivity index (χ2n) is 6.36. The number of ether oxygens (including phenoxy) is 1. The van der Waals surface area contributed by atoms with Crippen LogP contribution in [0.5, 0.6) is 0 Å². The molecule has 0 aliphatic heterocycles. The Morgan fingerprint density at radius 1 is 1.07 bits per heavy atom. The first-order chi connectivity index (χ1) is 13.5. The van der Waals surface area contributed by atoms with Gasteiger partial charge in [-0.3, -0.25) is 9.52 Å². The largest absolute Gasteiger partial charge is 0.449 e. The summed E-state index contributed by atoms with van der Waals surface area (Å²) in [6, 6.07) is 10.4. The summed E-state index contributed by atoms with van der Waals surface area (Å²) >= 11 is 12.0. The Labute approximate surface area is 179 Å². The number of amides is 1. The number of anilines is 1. The van der Waals surface area contributed by atoms with Crippen molar-refractivity contribution in [2.45, 2.75) is 26.0 Å². The van der Waals surface area contributed by atoms with Gasteiger partial charge in [-0.25, -0.2) is 13.2 Å². The van der Waals surface area contributed by atoms with Crippen LogP contribution in [-0.2, 0) is 19.6 Å². The normalized spacial score (nSPS) is 13.3. The first kappa shape index (κ1) is 23.0. The van der Waals surface area contributed by atoms with E-state index in [2.05, 4.69) is 10.0 Å². The van der Waals surface area contributed by atoms with Crippen molar-refractivity contribution in [2.75, 3.05) is 11.0 Å². The zero-order valence-electron chi connectivity index (χ0n) is 15.9. The summed E-state index contributed by atoms with van der Waals surface area (Å²) in [6.45, 7) is 3.14. The van der Waals surface area contributed by atoms with E-state index in [4.69, 9.17) is 27.9 Å². The summed E-state index contributed by atoms with van der Waals surface area (Å²) in [5.74, 6) is -1.37. The standard InChI is InChI=1S/C19H20Cl2N2O5S/c1-11(14-9-8-13(20)10-16(14)21)22-18(24)12(2)28-19(25)15-6-4-5-7-17(15)23-29(3,26)27/h4-12,23H,1-3H3,(H,22,24). The fourth-order valence-corrected chi connectivity index (χ4v) is 3.64. The lowest BCUT2D eigenvalue weighted by atomic mass is 10.1. The molecule has 156 valence electrons. The molecule has 0 radical (unpaired) electrons. The topological polar surface area (TPSA) is 102 Å². The van der Waals surface area contributed by atoms with E-state index in [0.29, 0.717) is 15.6 Å². The summed E-state index contributed by atoms with van der Waals surface area (Å²) in [6.07, 6.45) is -0.156. The Morgan fingerprint density at radius 2 is 1.72 bits per heavy atom. The lowest BCUT2D eigenvalue weighted by Gasteiger charge is -2.19. The molecular formula is C19H20Cl2N2O5S. The molecule has 0 aliphatic carbocycles. The van der Waals surface area contributed by atoms with Crippen molar-refractivity contribution in [3.05, 3.63) is 63.6 Å². The smallest absolute Gasteiger partial charge is 0.341 e. The van der Waals surface area contributed by atoms with Crippen molar-refractivity contribution in [3.8, 4) is 0 Å². The van der Waals surface area contributed by atoms with Gasteiger partial charge in [0.15, 0.2) is 6.10 Å². The Bertz CT molecular complexity index is 1030. The molecule has 0 saturated heterocycles. The molecule has 2 aromatic carbocycles. The van der Waals surface area contributed by atoms with Crippen LogP contribution in [0.1, 0.15) is 35.8 Å². The molecule has 0 spiro atoms. The van der Waals surface area contributed by atoms with Crippen LogP contribution in [-0.4, -0.2) is 32.7 Å². The SMILES string of the molecule is CC(OC(=O)c1ccccc1NS(C)(=O)=O)C(=O)NC(C)c1ccc(Cl)cc1Cl. The quantitative estimate of drug-likeness (QED) is 0.614. The molecule has 7 nitrogen and oxygen atoms in total. The minimum absolute atomic E-state index is 0.00799. The summed E-state index contributed by atoms with van der Waals surface area (Å²) in [5, 5.41) is 3.58. The average molecular weight is 459 g/mol. The predicted molar refractivity (Wildman–Crippen MR) is 113 cm³/mol. The molecule has 29 heavy (non-hydrogen) atoms. The minimum Gasteiger partial charge on any atom is -0.449 e. The van der Waals surface area contributed by atoms with E-state index in [1.807, 2.05) is 0 Å². The molecule has 0 aromatic heterocycles. The molecular weight excluding hydrogens is 439 g/mol. The van der Waals surface area contributed by atoms with Gasteiger partial charge >= 0.3 is 5.97 Å². The van der Waals surface area contributed by atoms with E-state index in [9.17, 15) is 18.0 Å². The van der Waals surface area contributed by atoms with E-state index in [0.717, 1.165) is 6.26 Å². The van der Waals surface area contributed by atoms with Gasteiger partial charge in [0.1, 0.15) is 0 Å². The zero-order chi connectivity index (χ0) is 21.8. The maximum Gasteiger partial charge on any atom is 0.341 e. The number of halogens is 2. The van der Waals surface area contributed by atoms with Gasteiger partial charge in [-0.15, -0.1) is 0 Å². The van der Waals surface area contributed by atoms with E-state index < -0.39 is 34.0 Å². The maximum atomic E-state index is 12.4. The lowest BCUT2D eigenvalue weighted by Crippen LogP contribution is -2.37. The van der Waals surface area contributed by atoms with Gasteiger partial charge in [-0.05, 0) is 43.7 Å². The highest BCUT2D eigenvalue weighted by atomic mass is 35.5. The van der Waals surface area contributed by atoms with Gasteiger partial charge < -0.3 is 10.1 Å². The van der Waals surface area contributed by atoms with Gasteiger partial charge in [-0.1, -0.05) is 41.4 Å². The molecule has 1 amide bonds. The van der Waals surface area contributed by atoms with Crippen molar-refractivity contribution >= 4 is 50.8 Å². The maximum absolute atomic E-state index is 12.4. The van der Waals surface area contributed by atoms with Crippen molar-refractivity contribution < 1.29 is 22.7 Å². The molecule has 10 heteroatoms. The number of carbonyl (C=O) groups excluding carboxylic acids is 2. The van der Waals surface area contributed by atoms with Crippen LogP contribution in [0.2, 0.25) is 10.0 Å². The van der Waals surface area contributed by atoms with Crippen LogP contribution in [0, 0.1) is 0 Å². The molecule has 2 aromatic rings. The molecule has 0 fully saturated rings. The van der Waals surface area contributed by atoms with E-state index >= 15 is 0 Å². The van der Waals surface area contributed by atoms with Gasteiger partial charge in [0.2, 0.25) is 10.0 Å². The Kier molecular flexibility index (Phi) is 7.51. The minimum atomic E-state index is -3.59. The van der Waals surface area contributed by atoms with Crippen molar-refractivity contribution in [1.82, 2.24) is 5.32 Å². The van der Waals surface area contributed by atoms with E-state index in [1.54, 1.807) is 37.3 Å². The monoisotopic (exact) mass is 458 g/mol. The second-order valence-corrected chi connectivity index (χ2v) is 8.96. The first-order valence-electron chi connectivity index (χ1n) is 8.51. The third-order valence-electron chi connectivity index (χ3n) is 3.88.